The monoisotopic (exact) mass is 434 g/mol. The highest BCUT2D eigenvalue weighted by molar-refractivity contribution is 7.89. The van der Waals surface area contributed by atoms with E-state index in [2.05, 4.69) is 9.71 Å². The number of aromatic nitrogens is 1. The lowest BCUT2D eigenvalue weighted by atomic mass is 10.1. The van der Waals surface area contributed by atoms with Crippen LogP contribution in [0.2, 0.25) is 10.0 Å². The maximum atomic E-state index is 14.6. The predicted molar refractivity (Wildman–Crippen MR) is 105 cm³/mol. The number of benzene rings is 1. The molecule has 0 radical (unpaired) electrons. The van der Waals surface area contributed by atoms with Crippen LogP contribution in [-0.2, 0) is 10.0 Å². The molecule has 1 aromatic heterocycles. The lowest BCUT2D eigenvalue weighted by Gasteiger charge is -2.18. The number of aliphatic hydroxyl groups excluding tert-OH is 1. The van der Waals surface area contributed by atoms with Crippen molar-refractivity contribution in [1.29, 1.82) is 0 Å². The van der Waals surface area contributed by atoms with Gasteiger partial charge in [-0.05, 0) is 43.5 Å². The SMILES string of the molecule is CCC[C@H](CCCO)NS(=O)(=O)c1ccc(-c2ncc(Cl)cc2Cl)c(F)c1. The first-order chi connectivity index (χ1) is 12.8. The van der Waals surface area contributed by atoms with E-state index in [-0.39, 0.29) is 33.8 Å². The third-order valence-corrected chi connectivity index (χ3v) is 6.00. The zero-order chi connectivity index (χ0) is 20.0. The Bertz CT molecular complexity index is 894. The first-order valence-electron chi connectivity index (χ1n) is 8.52. The van der Waals surface area contributed by atoms with Gasteiger partial charge in [-0.3, -0.25) is 4.98 Å². The van der Waals surface area contributed by atoms with E-state index in [9.17, 15) is 12.8 Å². The highest BCUT2D eigenvalue weighted by Gasteiger charge is 2.22. The van der Waals surface area contributed by atoms with E-state index in [1.54, 1.807) is 0 Å². The number of hydrogen-bond donors (Lipinski definition) is 2. The van der Waals surface area contributed by atoms with Gasteiger partial charge in [-0.25, -0.2) is 17.5 Å². The van der Waals surface area contributed by atoms with Crippen LogP contribution in [0.4, 0.5) is 4.39 Å². The van der Waals surface area contributed by atoms with Gasteiger partial charge in [0, 0.05) is 24.4 Å². The van der Waals surface area contributed by atoms with E-state index >= 15 is 0 Å². The Morgan fingerprint density at radius 2 is 2.00 bits per heavy atom. The molecule has 0 spiro atoms. The molecule has 2 aromatic rings. The first-order valence-corrected chi connectivity index (χ1v) is 10.8. The summed E-state index contributed by atoms with van der Waals surface area (Å²) in [6.45, 7) is 1.93. The minimum Gasteiger partial charge on any atom is -0.396 e. The molecule has 0 aliphatic heterocycles. The van der Waals surface area contributed by atoms with Crippen molar-refractivity contribution in [3.63, 3.8) is 0 Å². The second-order valence-electron chi connectivity index (χ2n) is 6.10. The fourth-order valence-electron chi connectivity index (χ4n) is 2.70. The fraction of sp³-hybridized carbons (Fsp3) is 0.389. The van der Waals surface area contributed by atoms with Gasteiger partial charge in [0.05, 0.1) is 20.6 Å². The Balaban J connectivity index is 2.29. The van der Waals surface area contributed by atoms with Gasteiger partial charge in [0.25, 0.3) is 0 Å². The maximum Gasteiger partial charge on any atom is 0.240 e. The minimum absolute atomic E-state index is 0.0138. The van der Waals surface area contributed by atoms with E-state index in [1.165, 1.54) is 24.4 Å². The number of halogens is 3. The van der Waals surface area contributed by atoms with Crippen LogP contribution < -0.4 is 4.72 Å². The van der Waals surface area contributed by atoms with Crippen LogP contribution in [0.15, 0.2) is 35.4 Å². The number of nitrogens with one attached hydrogen (secondary N) is 1. The van der Waals surface area contributed by atoms with Crippen molar-refractivity contribution in [2.45, 2.75) is 43.5 Å². The number of nitrogens with zero attached hydrogens (tertiary/aromatic N) is 1. The molecular formula is C18H21Cl2FN2O3S. The highest BCUT2D eigenvalue weighted by atomic mass is 35.5. The second-order valence-corrected chi connectivity index (χ2v) is 8.66. The molecule has 0 unspecified atom stereocenters. The second kappa shape index (κ2) is 9.80. The predicted octanol–water partition coefficient (Wildman–Crippen LogP) is 4.41. The summed E-state index contributed by atoms with van der Waals surface area (Å²) < 4.78 is 42.3. The summed E-state index contributed by atoms with van der Waals surface area (Å²) in [4.78, 5) is 3.83. The van der Waals surface area contributed by atoms with Gasteiger partial charge >= 0.3 is 0 Å². The molecule has 0 fully saturated rings. The van der Waals surface area contributed by atoms with Gasteiger partial charge in [-0.2, -0.15) is 0 Å². The van der Waals surface area contributed by atoms with Crippen LogP contribution in [0.5, 0.6) is 0 Å². The van der Waals surface area contributed by atoms with Crippen molar-refractivity contribution in [3.05, 3.63) is 46.3 Å². The summed E-state index contributed by atoms with van der Waals surface area (Å²) >= 11 is 11.8. The van der Waals surface area contributed by atoms with Gasteiger partial charge in [0.2, 0.25) is 10.0 Å². The van der Waals surface area contributed by atoms with Gasteiger partial charge < -0.3 is 5.11 Å². The van der Waals surface area contributed by atoms with Crippen molar-refractivity contribution in [2.24, 2.45) is 0 Å². The van der Waals surface area contributed by atoms with Crippen molar-refractivity contribution in [1.82, 2.24) is 9.71 Å². The van der Waals surface area contributed by atoms with E-state index in [0.29, 0.717) is 24.3 Å². The Morgan fingerprint density at radius 1 is 1.26 bits per heavy atom. The Kier molecular flexibility index (Phi) is 8.00. The lowest BCUT2D eigenvalue weighted by Crippen LogP contribution is -2.35. The van der Waals surface area contributed by atoms with Crippen LogP contribution in [0.3, 0.4) is 0 Å². The molecule has 0 bridgehead atoms. The number of sulfonamides is 1. The third-order valence-electron chi connectivity index (χ3n) is 3.98. The van der Waals surface area contributed by atoms with Crippen molar-refractivity contribution in [3.8, 4) is 11.3 Å². The number of pyridine rings is 1. The third kappa shape index (κ3) is 5.86. The molecule has 1 heterocycles. The van der Waals surface area contributed by atoms with Crippen LogP contribution in [-0.4, -0.2) is 31.2 Å². The van der Waals surface area contributed by atoms with Gasteiger partial charge in [0.15, 0.2) is 0 Å². The molecule has 0 saturated heterocycles. The lowest BCUT2D eigenvalue weighted by molar-refractivity contribution is 0.276. The van der Waals surface area contributed by atoms with Crippen molar-refractivity contribution >= 4 is 33.2 Å². The molecule has 1 atom stereocenters. The molecule has 2 N–H and O–H groups in total. The molecular weight excluding hydrogens is 414 g/mol. The van der Waals surface area contributed by atoms with Gasteiger partial charge in [-0.15, -0.1) is 0 Å². The first kappa shape index (κ1) is 22.0. The molecule has 0 aliphatic rings. The molecule has 148 valence electrons. The zero-order valence-corrected chi connectivity index (χ0v) is 17.1. The summed E-state index contributed by atoms with van der Waals surface area (Å²) in [5.41, 5.74) is 0.267. The molecule has 27 heavy (non-hydrogen) atoms. The van der Waals surface area contributed by atoms with Crippen LogP contribution in [0.25, 0.3) is 11.3 Å². The van der Waals surface area contributed by atoms with Gasteiger partial charge in [0.1, 0.15) is 5.82 Å². The standard InChI is InChI=1S/C18H21Cl2FN2O3S/c1-2-4-13(5-3-8-24)23-27(25,26)14-6-7-15(17(21)10-14)18-16(20)9-12(19)11-22-18/h6-7,9-11,13,23-24H,2-5,8H2,1H3/t13-/m1/s1. The average Bonchev–Trinajstić information content (AvgIpc) is 2.60. The summed E-state index contributed by atoms with van der Waals surface area (Å²) in [5.74, 6) is -0.753. The van der Waals surface area contributed by atoms with Crippen molar-refractivity contribution < 1.29 is 17.9 Å². The Labute approximate surface area is 168 Å². The average molecular weight is 435 g/mol. The summed E-state index contributed by atoms with van der Waals surface area (Å²) in [6.07, 6.45) is 3.75. The van der Waals surface area contributed by atoms with Gasteiger partial charge in [-0.1, -0.05) is 36.5 Å². The van der Waals surface area contributed by atoms with Crippen LogP contribution in [0.1, 0.15) is 32.6 Å². The Morgan fingerprint density at radius 3 is 2.59 bits per heavy atom. The molecule has 5 nitrogen and oxygen atoms in total. The normalized spacial score (nSPS) is 12.9. The molecule has 2 rings (SSSR count). The number of aliphatic hydroxyl groups is 1. The maximum absolute atomic E-state index is 14.6. The van der Waals surface area contributed by atoms with Crippen LogP contribution in [0, 0.1) is 5.82 Å². The minimum atomic E-state index is -3.90. The molecule has 0 saturated carbocycles. The molecule has 1 aromatic carbocycles. The van der Waals surface area contributed by atoms with E-state index < -0.39 is 15.8 Å². The quantitative estimate of drug-likeness (QED) is 0.612. The molecule has 0 amide bonds. The number of rotatable bonds is 9. The molecule has 0 aliphatic carbocycles. The summed E-state index contributed by atoms with van der Waals surface area (Å²) in [5, 5.41) is 9.45. The fourth-order valence-corrected chi connectivity index (χ4v) is 4.50. The molecule has 9 heteroatoms. The summed E-state index contributed by atoms with van der Waals surface area (Å²) in [6, 6.07) is 4.70. The topological polar surface area (TPSA) is 79.3 Å². The Hall–Kier alpha value is -1.25. The number of hydrogen-bond acceptors (Lipinski definition) is 4. The highest BCUT2D eigenvalue weighted by Crippen LogP contribution is 2.31. The van der Waals surface area contributed by atoms with E-state index in [1.807, 2.05) is 6.92 Å². The largest absolute Gasteiger partial charge is 0.396 e. The van der Waals surface area contributed by atoms with E-state index in [0.717, 1.165) is 12.5 Å². The van der Waals surface area contributed by atoms with E-state index in [4.69, 9.17) is 28.3 Å². The summed E-state index contributed by atoms with van der Waals surface area (Å²) in [7, 11) is -3.90. The van der Waals surface area contributed by atoms with Crippen molar-refractivity contribution in [2.75, 3.05) is 6.61 Å². The zero-order valence-electron chi connectivity index (χ0n) is 14.8. The smallest absolute Gasteiger partial charge is 0.240 e. The van der Waals surface area contributed by atoms with Crippen LogP contribution >= 0.6 is 23.2 Å².